The molecule has 4 rings (SSSR count). The number of hydrogen-bond donors (Lipinski definition) is 6. The van der Waals surface area contributed by atoms with Crippen LogP contribution in [0.3, 0.4) is 0 Å². The van der Waals surface area contributed by atoms with Gasteiger partial charge in [-0.1, -0.05) is 72.8 Å². The van der Waals surface area contributed by atoms with Gasteiger partial charge in [-0.05, 0) is 60.4 Å². The third-order valence-corrected chi connectivity index (χ3v) is 6.70. The fourth-order valence-electron chi connectivity index (χ4n) is 4.59. The standard InChI is InChI=1S/C32H34N4O4/c33-25-15-7-13-23(19-25)31(39)35-27(17-21-9-3-1-4-10-21)29(37)30(38)28(18-22-11-5-2-6-12-22)36-32(40)24-14-8-16-26(34)20-24/h1-16,19-20,27-30,37-38H,17-18,33-34H2,(H,35,39)(H,36,40)/t27-,28+,29-,30+. The number of nitrogens with two attached hydrogens (primary N) is 2. The van der Waals surface area contributed by atoms with Gasteiger partial charge >= 0.3 is 0 Å². The molecule has 8 N–H and O–H groups in total. The van der Waals surface area contributed by atoms with E-state index in [-0.39, 0.29) is 12.8 Å². The smallest absolute Gasteiger partial charge is 0.251 e. The second-order valence-corrected chi connectivity index (χ2v) is 9.77. The number of carbonyl (C=O) groups is 2. The van der Waals surface area contributed by atoms with Crippen molar-refractivity contribution in [3.05, 3.63) is 131 Å². The molecule has 0 heterocycles. The maximum atomic E-state index is 13.1. The normalized spacial score (nSPS) is 13.9. The molecule has 0 saturated heterocycles. The van der Waals surface area contributed by atoms with Crippen molar-refractivity contribution in [3.63, 3.8) is 0 Å². The Balaban J connectivity index is 1.61. The van der Waals surface area contributed by atoms with E-state index in [1.54, 1.807) is 48.5 Å². The lowest BCUT2D eigenvalue weighted by Crippen LogP contribution is -2.57. The maximum absolute atomic E-state index is 13.1. The first kappa shape index (κ1) is 28.4. The molecule has 0 spiro atoms. The predicted octanol–water partition coefficient (Wildman–Crippen LogP) is 2.96. The van der Waals surface area contributed by atoms with Gasteiger partial charge in [-0.3, -0.25) is 9.59 Å². The second kappa shape index (κ2) is 13.4. The predicted molar refractivity (Wildman–Crippen MR) is 157 cm³/mol. The number of nitrogen functional groups attached to an aromatic ring is 2. The van der Waals surface area contributed by atoms with Crippen LogP contribution in [0.15, 0.2) is 109 Å². The van der Waals surface area contributed by atoms with E-state index >= 15 is 0 Å². The number of benzene rings is 4. The first-order valence-corrected chi connectivity index (χ1v) is 13.1. The topological polar surface area (TPSA) is 151 Å². The summed E-state index contributed by atoms with van der Waals surface area (Å²) in [6.45, 7) is 0. The minimum Gasteiger partial charge on any atom is -0.399 e. The molecule has 0 aliphatic heterocycles. The molecule has 40 heavy (non-hydrogen) atoms. The number of carbonyl (C=O) groups excluding carboxylic acids is 2. The number of amides is 2. The molecule has 4 aromatic carbocycles. The Hall–Kier alpha value is -4.66. The van der Waals surface area contributed by atoms with E-state index in [2.05, 4.69) is 10.6 Å². The lowest BCUT2D eigenvalue weighted by atomic mass is 9.90. The number of nitrogens with one attached hydrogen (secondary N) is 2. The zero-order chi connectivity index (χ0) is 28.5. The van der Waals surface area contributed by atoms with Crippen LogP contribution in [0.25, 0.3) is 0 Å². The molecule has 0 aliphatic rings. The fraction of sp³-hybridized carbons (Fsp3) is 0.188. The molecular weight excluding hydrogens is 504 g/mol. The molecule has 0 fully saturated rings. The van der Waals surface area contributed by atoms with Gasteiger partial charge in [0, 0.05) is 22.5 Å². The summed E-state index contributed by atoms with van der Waals surface area (Å²) in [7, 11) is 0. The molecule has 206 valence electrons. The molecule has 0 aromatic heterocycles. The van der Waals surface area contributed by atoms with Crippen LogP contribution in [-0.2, 0) is 12.8 Å². The van der Waals surface area contributed by atoms with E-state index in [0.717, 1.165) is 11.1 Å². The zero-order valence-electron chi connectivity index (χ0n) is 22.0. The Bertz CT molecular complexity index is 1310. The highest BCUT2D eigenvalue weighted by molar-refractivity contribution is 5.96. The molecule has 8 heteroatoms. The van der Waals surface area contributed by atoms with E-state index in [0.29, 0.717) is 22.5 Å². The van der Waals surface area contributed by atoms with Crippen molar-refractivity contribution in [3.8, 4) is 0 Å². The Labute approximate surface area is 233 Å². The van der Waals surface area contributed by atoms with Gasteiger partial charge in [-0.2, -0.15) is 0 Å². The Morgan fingerprint density at radius 2 is 0.950 bits per heavy atom. The van der Waals surface area contributed by atoms with Crippen LogP contribution in [0.5, 0.6) is 0 Å². The van der Waals surface area contributed by atoms with Crippen molar-refractivity contribution in [2.75, 3.05) is 11.5 Å². The van der Waals surface area contributed by atoms with Crippen LogP contribution in [0.4, 0.5) is 11.4 Å². The minimum absolute atomic E-state index is 0.244. The summed E-state index contributed by atoms with van der Waals surface area (Å²) < 4.78 is 0. The third kappa shape index (κ3) is 7.69. The number of anilines is 2. The second-order valence-electron chi connectivity index (χ2n) is 9.77. The summed E-state index contributed by atoms with van der Waals surface area (Å²) in [6.07, 6.45) is -2.37. The van der Waals surface area contributed by atoms with E-state index < -0.39 is 36.1 Å². The van der Waals surface area contributed by atoms with Gasteiger partial charge in [0.05, 0.1) is 12.1 Å². The first-order chi connectivity index (χ1) is 19.3. The van der Waals surface area contributed by atoms with E-state index in [1.165, 1.54) is 0 Å². The van der Waals surface area contributed by atoms with Crippen LogP contribution in [0.1, 0.15) is 31.8 Å². The molecule has 8 nitrogen and oxygen atoms in total. The highest BCUT2D eigenvalue weighted by Crippen LogP contribution is 2.17. The van der Waals surface area contributed by atoms with E-state index in [9.17, 15) is 19.8 Å². The van der Waals surface area contributed by atoms with Crippen LogP contribution < -0.4 is 22.1 Å². The van der Waals surface area contributed by atoms with Crippen LogP contribution in [0.2, 0.25) is 0 Å². The quantitative estimate of drug-likeness (QED) is 0.162. The summed E-state index contributed by atoms with van der Waals surface area (Å²) in [5, 5.41) is 28.7. The molecular formula is C32H34N4O4. The van der Waals surface area contributed by atoms with E-state index in [1.807, 2.05) is 60.7 Å². The van der Waals surface area contributed by atoms with Gasteiger partial charge in [0.1, 0.15) is 12.2 Å². The van der Waals surface area contributed by atoms with Crippen molar-refractivity contribution >= 4 is 23.2 Å². The molecule has 0 saturated carbocycles. The van der Waals surface area contributed by atoms with Gasteiger partial charge in [-0.25, -0.2) is 0 Å². The lowest BCUT2D eigenvalue weighted by molar-refractivity contribution is -0.0219. The molecule has 0 unspecified atom stereocenters. The Morgan fingerprint density at radius 1 is 0.575 bits per heavy atom. The van der Waals surface area contributed by atoms with Gasteiger partial charge in [0.15, 0.2) is 0 Å². The number of hydrogen-bond acceptors (Lipinski definition) is 6. The van der Waals surface area contributed by atoms with Gasteiger partial charge in [-0.15, -0.1) is 0 Å². The average Bonchev–Trinajstić information content (AvgIpc) is 2.96. The number of aliphatic hydroxyl groups is 2. The number of rotatable bonds is 11. The highest BCUT2D eigenvalue weighted by atomic mass is 16.3. The van der Waals surface area contributed by atoms with E-state index in [4.69, 9.17) is 11.5 Å². The third-order valence-electron chi connectivity index (χ3n) is 6.70. The number of aliphatic hydroxyl groups excluding tert-OH is 2. The Kier molecular flexibility index (Phi) is 9.51. The van der Waals surface area contributed by atoms with Crippen molar-refractivity contribution in [1.82, 2.24) is 10.6 Å². The van der Waals surface area contributed by atoms with Crippen LogP contribution in [-0.4, -0.2) is 46.3 Å². The summed E-state index contributed by atoms with van der Waals surface area (Å²) in [4.78, 5) is 26.3. The van der Waals surface area contributed by atoms with Crippen LogP contribution in [0, 0.1) is 0 Å². The molecule has 2 amide bonds. The largest absolute Gasteiger partial charge is 0.399 e. The summed E-state index contributed by atoms with van der Waals surface area (Å²) in [5.41, 5.74) is 14.9. The zero-order valence-corrected chi connectivity index (χ0v) is 22.0. The van der Waals surface area contributed by atoms with Gasteiger partial charge in [0.2, 0.25) is 0 Å². The first-order valence-electron chi connectivity index (χ1n) is 13.1. The molecule has 4 aromatic rings. The van der Waals surface area contributed by atoms with Gasteiger partial charge in [0.25, 0.3) is 11.8 Å². The molecule has 0 bridgehead atoms. The van der Waals surface area contributed by atoms with Crippen molar-refractivity contribution < 1.29 is 19.8 Å². The van der Waals surface area contributed by atoms with Crippen molar-refractivity contribution in [2.45, 2.75) is 37.1 Å². The molecule has 4 atom stereocenters. The SMILES string of the molecule is Nc1cccc(C(=O)N[C@@H](Cc2ccccc2)[C@H](O)[C@H](O)[C@@H](Cc2ccccc2)NC(=O)c2cccc(N)c2)c1. The summed E-state index contributed by atoms with van der Waals surface area (Å²) >= 11 is 0. The average molecular weight is 539 g/mol. The summed E-state index contributed by atoms with van der Waals surface area (Å²) in [5.74, 6) is -0.884. The van der Waals surface area contributed by atoms with Gasteiger partial charge < -0.3 is 32.3 Å². The summed E-state index contributed by atoms with van der Waals surface area (Å²) in [6, 6.07) is 30.0. The minimum atomic E-state index is -1.43. The fourth-order valence-corrected chi connectivity index (χ4v) is 4.59. The highest BCUT2D eigenvalue weighted by Gasteiger charge is 2.34. The molecule has 0 radical (unpaired) electrons. The Morgan fingerprint density at radius 3 is 1.30 bits per heavy atom. The van der Waals surface area contributed by atoms with Crippen LogP contribution >= 0.6 is 0 Å². The lowest BCUT2D eigenvalue weighted by Gasteiger charge is -2.33. The van der Waals surface area contributed by atoms with Crippen molar-refractivity contribution in [2.24, 2.45) is 0 Å². The molecule has 0 aliphatic carbocycles. The monoisotopic (exact) mass is 538 g/mol. The maximum Gasteiger partial charge on any atom is 0.251 e. The van der Waals surface area contributed by atoms with Crippen molar-refractivity contribution in [1.29, 1.82) is 0 Å².